The number of hydrogen-bond donors (Lipinski definition) is 1. The summed E-state index contributed by atoms with van der Waals surface area (Å²) < 4.78 is 7.67. The van der Waals surface area contributed by atoms with E-state index in [2.05, 4.69) is 26.2 Å². The molecule has 3 rings (SSSR count). The van der Waals surface area contributed by atoms with Gasteiger partial charge in [0.25, 0.3) is 5.56 Å². The van der Waals surface area contributed by atoms with E-state index in [1.807, 2.05) is 38.1 Å². The van der Waals surface area contributed by atoms with Crippen LogP contribution in [-0.4, -0.2) is 21.6 Å². The number of benzene rings is 2. The number of nitrogens with zero attached hydrogens (tertiary/aromatic N) is 2. The van der Waals surface area contributed by atoms with Crippen molar-refractivity contribution in [3.05, 3.63) is 69.2 Å². The third-order valence-electron chi connectivity index (χ3n) is 3.89. The Bertz CT molecular complexity index is 1030. The summed E-state index contributed by atoms with van der Waals surface area (Å²) in [5.41, 5.74) is 1.97. The molecule has 0 saturated heterocycles. The number of rotatable bonds is 6. The quantitative estimate of drug-likeness (QED) is 0.647. The van der Waals surface area contributed by atoms with E-state index < -0.39 is 0 Å². The van der Waals surface area contributed by atoms with Crippen molar-refractivity contribution in [3.63, 3.8) is 0 Å². The summed E-state index contributed by atoms with van der Waals surface area (Å²) in [5, 5.41) is 3.28. The number of carbonyl (C=O) groups excluding carboxylic acids is 1. The maximum atomic E-state index is 12.6. The maximum absolute atomic E-state index is 12.6. The molecule has 0 radical (unpaired) electrons. The van der Waals surface area contributed by atoms with Crippen molar-refractivity contribution < 1.29 is 9.53 Å². The van der Waals surface area contributed by atoms with Gasteiger partial charge in [0.05, 0.1) is 29.9 Å². The van der Waals surface area contributed by atoms with Crippen LogP contribution in [0.3, 0.4) is 0 Å². The molecule has 0 aliphatic carbocycles. The van der Waals surface area contributed by atoms with Crippen LogP contribution in [0.2, 0.25) is 0 Å². The van der Waals surface area contributed by atoms with E-state index in [4.69, 9.17) is 4.74 Å². The lowest BCUT2D eigenvalue weighted by Crippen LogP contribution is -2.27. The van der Waals surface area contributed by atoms with Crippen molar-refractivity contribution in [2.45, 2.75) is 33.1 Å². The lowest BCUT2D eigenvalue weighted by Gasteiger charge is -2.11. The van der Waals surface area contributed by atoms with E-state index >= 15 is 0 Å². The van der Waals surface area contributed by atoms with Gasteiger partial charge in [-0.15, -0.1) is 0 Å². The van der Waals surface area contributed by atoms with Crippen molar-refractivity contribution >= 4 is 38.4 Å². The second kappa shape index (κ2) is 8.45. The highest BCUT2D eigenvalue weighted by Gasteiger charge is 2.09. The first-order chi connectivity index (χ1) is 12.9. The summed E-state index contributed by atoms with van der Waals surface area (Å²) >= 11 is 3.35. The van der Waals surface area contributed by atoms with Crippen molar-refractivity contribution in [1.82, 2.24) is 9.55 Å². The molecule has 1 aromatic heterocycles. The number of aromatic nitrogens is 2. The molecule has 0 aliphatic heterocycles. The number of fused-ring (bicyclic) bond motifs is 1. The van der Waals surface area contributed by atoms with Crippen LogP contribution in [0.4, 0.5) is 5.69 Å². The van der Waals surface area contributed by atoms with Gasteiger partial charge in [0.1, 0.15) is 6.54 Å². The van der Waals surface area contributed by atoms with E-state index in [1.54, 1.807) is 18.2 Å². The fourth-order valence-electron chi connectivity index (χ4n) is 2.60. The molecule has 0 fully saturated rings. The lowest BCUT2D eigenvalue weighted by molar-refractivity contribution is -0.116. The number of anilines is 1. The number of ether oxygens (including phenoxy) is 1. The SMILES string of the molecule is CC(C)OCc1cccc(NC(=O)Cn2cnc3ccc(Br)cc3c2=O)c1. The number of nitrogens with one attached hydrogen (secondary N) is 1. The summed E-state index contributed by atoms with van der Waals surface area (Å²) in [5.74, 6) is -0.296. The van der Waals surface area contributed by atoms with Gasteiger partial charge in [0.15, 0.2) is 0 Å². The average molecular weight is 430 g/mol. The minimum atomic E-state index is -0.296. The summed E-state index contributed by atoms with van der Waals surface area (Å²) in [7, 11) is 0. The van der Waals surface area contributed by atoms with E-state index in [9.17, 15) is 9.59 Å². The Morgan fingerprint density at radius 3 is 2.85 bits per heavy atom. The summed E-state index contributed by atoms with van der Waals surface area (Å²) in [4.78, 5) is 29.2. The third kappa shape index (κ3) is 5.02. The molecule has 0 bridgehead atoms. The largest absolute Gasteiger partial charge is 0.374 e. The second-order valence-electron chi connectivity index (χ2n) is 6.45. The highest BCUT2D eigenvalue weighted by atomic mass is 79.9. The highest BCUT2D eigenvalue weighted by Crippen LogP contribution is 2.15. The molecule has 0 saturated carbocycles. The standard InChI is InChI=1S/C20H20BrN3O3/c1-13(2)27-11-14-4-3-5-16(8-14)23-19(25)10-24-12-22-18-7-6-15(21)9-17(18)20(24)26/h3-9,12-13H,10-11H2,1-2H3,(H,23,25). The van der Waals surface area contributed by atoms with E-state index in [0.29, 0.717) is 23.2 Å². The third-order valence-corrected chi connectivity index (χ3v) is 4.39. The van der Waals surface area contributed by atoms with Crippen LogP contribution >= 0.6 is 15.9 Å². The number of hydrogen-bond acceptors (Lipinski definition) is 4. The molecule has 6 nitrogen and oxygen atoms in total. The van der Waals surface area contributed by atoms with Crippen molar-refractivity contribution in [3.8, 4) is 0 Å². The van der Waals surface area contributed by atoms with Crippen LogP contribution in [-0.2, 0) is 22.7 Å². The Balaban J connectivity index is 1.73. The molecule has 1 N–H and O–H groups in total. The van der Waals surface area contributed by atoms with Crippen LogP contribution in [0.25, 0.3) is 10.9 Å². The fraction of sp³-hybridized carbons (Fsp3) is 0.250. The molecular formula is C20H20BrN3O3. The van der Waals surface area contributed by atoms with Crippen molar-refractivity contribution in [1.29, 1.82) is 0 Å². The molecular weight excluding hydrogens is 410 g/mol. The topological polar surface area (TPSA) is 73.2 Å². The van der Waals surface area contributed by atoms with Gasteiger partial charge in [-0.1, -0.05) is 28.1 Å². The number of amides is 1. The average Bonchev–Trinajstić information content (AvgIpc) is 2.63. The van der Waals surface area contributed by atoms with Gasteiger partial charge in [0.2, 0.25) is 5.91 Å². The Kier molecular flexibility index (Phi) is 6.03. The van der Waals surface area contributed by atoms with Gasteiger partial charge in [-0.2, -0.15) is 0 Å². The van der Waals surface area contributed by atoms with Crippen molar-refractivity contribution in [2.75, 3.05) is 5.32 Å². The predicted octanol–water partition coefficient (Wildman–Crippen LogP) is 3.72. The first-order valence-corrected chi connectivity index (χ1v) is 9.37. The van der Waals surface area contributed by atoms with Gasteiger partial charge in [-0.25, -0.2) is 4.98 Å². The van der Waals surface area contributed by atoms with Gasteiger partial charge >= 0.3 is 0 Å². The zero-order valence-corrected chi connectivity index (χ0v) is 16.7. The summed E-state index contributed by atoms with van der Waals surface area (Å²) in [6.45, 7) is 4.31. The Labute approximate surface area is 165 Å². The molecule has 1 heterocycles. The van der Waals surface area contributed by atoms with Crippen LogP contribution < -0.4 is 10.9 Å². The smallest absolute Gasteiger partial charge is 0.261 e. The monoisotopic (exact) mass is 429 g/mol. The second-order valence-corrected chi connectivity index (χ2v) is 7.36. The van der Waals surface area contributed by atoms with Gasteiger partial charge in [-0.3, -0.25) is 14.2 Å². The molecule has 2 aromatic carbocycles. The molecule has 3 aromatic rings. The minimum absolute atomic E-state index is 0.110. The zero-order chi connectivity index (χ0) is 19.4. The first-order valence-electron chi connectivity index (χ1n) is 8.57. The molecule has 7 heteroatoms. The Hall–Kier alpha value is -2.51. The van der Waals surface area contributed by atoms with Gasteiger partial charge in [-0.05, 0) is 49.7 Å². The van der Waals surface area contributed by atoms with Crippen molar-refractivity contribution in [2.24, 2.45) is 0 Å². The van der Waals surface area contributed by atoms with E-state index in [0.717, 1.165) is 10.0 Å². The zero-order valence-electron chi connectivity index (χ0n) is 15.1. The first kappa shape index (κ1) is 19.3. The molecule has 140 valence electrons. The van der Waals surface area contributed by atoms with Crippen LogP contribution in [0, 0.1) is 0 Å². The molecule has 0 unspecified atom stereocenters. The van der Waals surface area contributed by atoms with Gasteiger partial charge in [0, 0.05) is 10.2 Å². The molecule has 1 amide bonds. The molecule has 27 heavy (non-hydrogen) atoms. The predicted molar refractivity (Wildman–Crippen MR) is 109 cm³/mol. The van der Waals surface area contributed by atoms with Crippen LogP contribution in [0.5, 0.6) is 0 Å². The summed E-state index contributed by atoms with van der Waals surface area (Å²) in [6, 6.07) is 12.7. The van der Waals surface area contributed by atoms with E-state index in [-0.39, 0.29) is 24.1 Å². The number of halogens is 1. The normalized spacial score (nSPS) is 11.1. The molecule has 0 atom stereocenters. The maximum Gasteiger partial charge on any atom is 0.261 e. The van der Waals surface area contributed by atoms with Crippen LogP contribution in [0.15, 0.2) is 58.1 Å². The highest BCUT2D eigenvalue weighted by molar-refractivity contribution is 9.10. The minimum Gasteiger partial charge on any atom is -0.374 e. The van der Waals surface area contributed by atoms with Crippen LogP contribution in [0.1, 0.15) is 19.4 Å². The van der Waals surface area contributed by atoms with E-state index in [1.165, 1.54) is 10.9 Å². The fourth-order valence-corrected chi connectivity index (χ4v) is 2.96. The Morgan fingerprint density at radius 2 is 2.07 bits per heavy atom. The molecule has 0 spiro atoms. The summed E-state index contributed by atoms with van der Waals surface area (Å²) in [6.07, 6.45) is 1.53. The number of carbonyl (C=O) groups is 1. The Morgan fingerprint density at radius 1 is 1.26 bits per heavy atom. The van der Waals surface area contributed by atoms with Gasteiger partial charge < -0.3 is 10.1 Å². The lowest BCUT2D eigenvalue weighted by atomic mass is 10.2. The molecule has 0 aliphatic rings.